The molecule has 1 fully saturated rings. The molecule has 1 aliphatic carbocycles. The number of sulfonamides is 1. The number of nitrogens with one attached hydrogen (secondary N) is 1. The molecule has 0 heterocycles. The first-order chi connectivity index (χ1) is 9.03. The summed E-state index contributed by atoms with van der Waals surface area (Å²) in [5.41, 5.74) is 1.33. The first kappa shape index (κ1) is 14.5. The van der Waals surface area contributed by atoms with Crippen LogP contribution in [0.4, 0.5) is 0 Å². The van der Waals surface area contributed by atoms with Gasteiger partial charge in [0.1, 0.15) is 0 Å². The van der Waals surface area contributed by atoms with Gasteiger partial charge in [-0.15, -0.1) is 0 Å². The zero-order valence-corrected chi connectivity index (χ0v) is 12.0. The van der Waals surface area contributed by atoms with Crippen LogP contribution in [0.25, 0.3) is 0 Å². The zero-order chi connectivity index (χ0) is 13.9. The molecule has 1 aromatic carbocycles. The van der Waals surface area contributed by atoms with Gasteiger partial charge >= 0.3 is 0 Å². The Morgan fingerprint density at radius 1 is 1.26 bits per heavy atom. The fourth-order valence-electron chi connectivity index (χ4n) is 2.54. The van der Waals surface area contributed by atoms with Crippen LogP contribution in [0.1, 0.15) is 43.2 Å². The fraction of sp³-hybridized carbons (Fsp3) is 0.571. The molecule has 0 saturated heterocycles. The van der Waals surface area contributed by atoms with E-state index in [1.54, 1.807) is 25.1 Å². The summed E-state index contributed by atoms with van der Waals surface area (Å²) in [5.74, 6) is 0. The van der Waals surface area contributed by atoms with E-state index < -0.39 is 10.0 Å². The molecule has 106 valence electrons. The van der Waals surface area contributed by atoms with E-state index in [1.807, 2.05) is 0 Å². The molecule has 0 spiro atoms. The van der Waals surface area contributed by atoms with Crippen LogP contribution < -0.4 is 4.72 Å². The highest BCUT2D eigenvalue weighted by Crippen LogP contribution is 2.22. The third kappa shape index (κ3) is 3.55. The first-order valence-electron chi connectivity index (χ1n) is 6.75. The predicted octanol–water partition coefficient (Wildman–Crippen LogP) is 2.10. The molecule has 1 aromatic rings. The molecule has 0 amide bonds. The molecule has 0 radical (unpaired) electrons. The number of hydrogen-bond acceptors (Lipinski definition) is 3. The van der Waals surface area contributed by atoms with Gasteiger partial charge in [-0.2, -0.15) is 0 Å². The van der Waals surface area contributed by atoms with Crippen LogP contribution in [-0.2, 0) is 16.6 Å². The van der Waals surface area contributed by atoms with Crippen LogP contribution in [0.15, 0.2) is 23.1 Å². The van der Waals surface area contributed by atoms with Gasteiger partial charge in [0.2, 0.25) is 10.0 Å². The van der Waals surface area contributed by atoms with Crippen LogP contribution in [0.5, 0.6) is 0 Å². The van der Waals surface area contributed by atoms with Gasteiger partial charge in [0.25, 0.3) is 0 Å². The Labute approximate surface area is 114 Å². The van der Waals surface area contributed by atoms with Crippen molar-refractivity contribution in [3.05, 3.63) is 29.3 Å². The normalized spacial score (nSPS) is 17.6. The molecule has 2 rings (SSSR count). The predicted molar refractivity (Wildman–Crippen MR) is 74.3 cm³/mol. The summed E-state index contributed by atoms with van der Waals surface area (Å²) in [7, 11) is -3.48. The lowest BCUT2D eigenvalue weighted by Gasteiger charge is -2.23. The van der Waals surface area contributed by atoms with E-state index in [2.05, 4.69) is 4.72 Å². The van der Waals surface area contributed by atoms with E-state index in [9.17, 15) is 8.42 Å². The average Bonchev–Trinajstić information content (AvgIpc) is 2.39. The monoisotopic (exact) mass is 283 g/mol. The molecular formula is C14H21NO3S. The number of aryl methyl sites for hydroxylation is 1. The van der Waals surface area contributed by atoms with Crippen LogP contribution in [0, 0.1) is 6.92 Å². The van der Waals surface area contributed by atoms with Crippen molar-refractivity contribution >= 4 is 10.0 Å². The van der Waals surface area contributed by atoms with Crippen molar-refractivity contribution in [1.29, 1.82) is 0 Å². The lowest BCUT2D eigenvalue weighted by atomic mass is 9.96. The maximum atomic E-state index is 12.4. The SMILES string of the molecule is Cc1ccc(CO)cc1S(=O)(=O)NC1CCCCC1. The summed E-state index contributed by atoms with van der Waals surface area (Å²) in [6.45, 7) is 1.63. The van der Waals surface area contributed by atoms with Crippen LogP contribution in [0.3, 0.4) is 0 Å². The van der Waals surface area contributed by atoms with Gasteiger partial charge in [-0.05, 0) is 37.0 Å². The number of hydrogen-bond donors (Lipinski definition) is 2. The molecule has 0 unspecified atom stereocenters. The molecular weight excluding hydrogens is 262 g/mol. The summed E-state index contributed by atoms with van der Waals surface area (Å²) in [5, 5.41) is 9.12. The van der Waals surface area contributed by atoms with E-state index in [-0.39, 0.29) is 17.5 Å². The molecule has 0 atom stereocenters. The largest absolute Gasteiger partial charge is 0.392 e. The molecule has 0 bridgehead atoms. The van der Waals surface area contributed by atoms with Gasteiger partial charge in [-0.3, -0.25) is 0 Å². The van der Waals surface area contributed by atoms with Crippen molar-refractivity contribution in [2.24, 2.45) is 0 Å². The molecule has 4 nitrogen and oxygen atoms in total. The second kappa shape index (κ2) is 6.03. The van der Waals surface area contributed by atoms with Crippen LogP contribution >= 0.6 is 0 Å². The second-order valence-corrected chi connectivity index (χ2v) is 6.90. The Hall–Kier alpha value is -0.910. The Kier molecular flexibility index (Phi) is 4.60. The van der Waals surface area contributed by atoms with E-state index >= 15 is 0 Å². The van der Waals surface area contributed by atoms with Crippen molar-refractivity contribution in [3.63, 3.8) is 0 Å². The third-order valence-electron chi connectivity index (χ3n) is 3.65. The Morgan fingerprint density at radius 2 is 1.95 bits per heavy atom. The lowest BCUT2D eigenvalue weighted by Crippen LogP contribution is -2.36. The Morgan fingerprint density at radius 3 is 2.58 bits per heavy atom. The minimum Gasteiger partial charge on any atom is -0.392 e. The second-order valence-electron chi connectivity index (χ2n) is 5.21. The van der Waals surface area contributed by atoms with Crippen LogP contribution in [-0.4, -0.2) is 19.6 Å². The van der Waals surface area contributed by atoms with E-state index in [0.29, 0.717) is 11.1 Å². The summed E-state index contributed by atoms with van der Waals surface area (Å²) >= 11 is 0. The molecule has 1 saturated carbocycles. The molecule has 2 N–H and O–H groups in total. The van der Waals surface area contributed by atoms with Gasteiger partial charge in [0.05, 0.1) is 11.5 Å². The smallest absolute Gasteiger partial charge is 0.241 e. The summed E-state index contributed by atoms with van der Waals surface area (Å²) in [6, 6.07) is 5.09. The highest BCUT2D eigenvalue weighted by Gasteiger charge is 2.23. The Bertz CT molecular complexity index is 534. The fourth-order valence-corrected chi connectivity index (χ4v) is 4.14. The van der Waals surface area contributed by atoms with E-state index in [0.717, 1.165) is 25.7 Å². The van der Waals surface area contributed by atoms with Crippen molar-refractivity contribution in [3.8, 4) is 0 Å². The minimum absolute atomic E-state index is 0.0518. The number of aliphatic hydroxyl groups excluding tert-OH is 1. The summed E-state index contributed by atoms with van der Waals surface area (Å²) in [4.78, 5) is 0.282. The molecule has 1 aliphatic rings. The Balaban J connectivity index is 2.23. The molecule has 0 aliphatic heterocycles. The molecule has 5 heteroatoms. The quantitative estimate of drug-likeness (QED) is 0.889. The van der Waals surface area contributed by atoms with Crippen molar-refractivity contribution in [1.82, 2.24) is 4.72 Å². The zero-order valence-electron chi connectivity index (χ0n) is 11.2. The van der Waals surface area contributed by atoms with Gasteiger partial charge in [-0.1, -0.05) is 31.4 Å². The van der Waals surface area contributed by atoms with Crippen molar-refractivity contribution in [2.45, 2.75) is 56.6 Å². The summed E-state index contributed by atoms with van der Waals surface area (Å²) < 4.78 is 27.6. The van der Waals surface area contributed by atoms with E-state index in [4.69, 9.17) is 5.11 Å². The maximum absolute atomic E-state index is 12.4. The molecule has 0 aromatic heterocycles. The van der Waals surface area contributed by atoms with Gasteiger partial charge in [0, 0.05) is 6.04 Å². The first-order valence-corrected chi connectivity index (χ1v) is 8.24. The number of rotatable bonds is 4. The number of benzene rings is 1. The van der Waals surface area contributed by atoms with Gasteiger partial charge < -0.3 is 5.11 Å². The highest BCUT2D eigenvalue weighted by molar-refractivity contribution is 7.89. The summed E-state index contributed by atoms with van der Waals surface area (Å²) in [6.07, 6.45) is 5.19. The minimum atomic E-state index is -3.48. The third-order valence-corrected chi connectivity index (χ3v) is 5.31. The van der Waals surface area contributed by atoms with Gasteiger partial charge in [0.15, 0.2) is 0 Å². The maximum Gasteiger partial charge on any atom is 0.241 e. The lowest BCUT2D eigenvalue weighted by molar-refractivity contribution is 0.281. The van der Waals surface area contributed by atoms with Crippen molar-refractivity contribution < 1.29 is 13.5 Å². The van der Waals surface area contributed by atoms with Crippen LogP contribution in [0.2, 0.25) is 0 Å². The topological polar surface area (TPSA) is 66.4 Å². The van der Waals surface area contributed by atoms with Gasteiger partial charge in [-0.25, -0.2) is 13.1 Å². The van der Waals surface area contributed by atoms with E-state index in [1.165, 1.54) is 6.42 Å². The molecule has 19 heavy (non-hydrogen) atoms. The average molecular weight is 283 g/mol. The highest BCUT2D eigenvalue weighted by atomic mass is 32.2. The number of aliphatic hydroxyl groups is 1. The van der Waals surface area contributed by atoms with Crippen molar-refractivity contribution in [2.75, 3.05) is 0 Å². The standard InChI is InChI=1S/C14H21NO3S/c1-11-7-8-12(10-16)9-14(11)19(17,18)15-13-5-3-2-4-6-13/h7-9,13,15-16H,2-6,10H2,1H3.